The third-order valence-corrected chi connectivity index (χ3v) is 7.66. The number of carbonyl (C=O) groups is 1. The summed E-state index contributed by atoms with van der Waals surface area (Å²) < 4.78 is 6.31. The van der Waals surface area contributed by atoms with Crippen LogP contribution in [0.2, 0.25) is 0 Å². The Balaban J connectivity index is 1.31. The molecule has 2 aliphatic rings. The van der Waals surface area contributed by atoms with Crippen molar-refractivity contribution < 1.29 is 14.6 Å². The van der Waals surface area contributed by atoms with Gasteiger partial charge in [-0.1, -0.05) is 51.1 Å². The Morgan fingerprint density at radius 2 is 1.61 bits per heavy atom. The lowest BCUT2D eigenvalue weighted by atomic mass is 9.72. The minimum atomic E-state index is -0.651. The fraction of sp³-hybridized carbons (Fsp3) is 0.552. The third-order valence-electron chi connectivity index (χ3n) is 7.66. The number of ether oxygens (including phenoxy) is 1. The van der Waals surface area contributed by atoms with Gasteiger partial charge in [-0.3, -0.25) is 9.69 Å². The zero-order valence-electron chi connectivity index (χ0n) is 20.4. The van der Waals surface area contributed by atoms with E-state index in [0.717, 1.165) is 57.0 Å². The summed E-state index contributed by atoms with van der Waals surface area (Å²) in [6.45, 7) is 9.64. The van der Waals surface area contributed by atoms with E-state index < -0.39 is 5.97 Å². The van der Waals surface area contributed by atoms with E-state index in [0.29, 0.717) is 11.5 Å². The fourth-order valence-electron chi connectivity index (χ4n) is 5.41. The fourth-order valence-corrected chi connectivity index (χ4v) is 5.41. The van der Waals surface area contributed by atoms with Gasteiger partial charge < -0.3 is 9.84 Å². The predicted molar refractivity (Wildman–Crippen MR) is 133 cm³/mol. The molecule has 0 amide bonds. The van der Waals surface area contributed by atoms with E-state index in [1.54, 1.807) is 0 Å². The molecule has 1 heterocycles. The van der Waals surface area contributed by atoms with E-state index in [9.17, 15) is 9.90 Å². The number of nitrogens with zero attached hydrogens (tertiary/aromatic N) is 1. The van der Waals surface area contributed by atoms with Gasteiger partial charge in [-0.25, -0.2) is 0 Å². The highest BCUT2D eigenvalue weighted by atomic mass is 16.5. The Kier molecular flexibility index (Phi) is 7.43. The molecule has 0 spiro atoms. The Hall–Kier alpha value is -2.33. The number of aliphatic carboxylic acids is 1. The lowest BCUT2D eigenvalue weighted by molar-refractivity contribution is -0.143. The van der Waals surface area contributed by atoms with Crippen molar-refractivity contribution in [3.05, 3.63) is 54.1 Å². The van der Waals surface area contributed by atoms with Gasteiger partial charge in [-0.2, -0.15) is 0 Å². The quantitative estimate of drug-likeness (QED) is 0.537. The van der Waals surface area contributed by atoms with Crippen LogP contribution >= 0.6 is 0 Å². The number of hydrogen-bond donors (Lipinski definition) is 1. The standard InChI is InChI=1S/C29H39NO3/c1-29(2,3)25-9-13-27(14-10-25)33-26-11-7-22(8-12-26)24-6-4-5-21(19-24)20-30-17-15-23(16-18-30)28(31)32/h4-8,11-12,19,23,25,27H,9-10,13-18,20H2,1-3H3,(H,31,32). The SMILES string of the molecule is CC(C)(C)C1CCC(Oc2ccc(-c3cccc(CN4CCC(C(=O)O)CC4)c3)cc2)CC1. The summed E-state index contributed by atoms with van der Waals surface area (Å²) in [6.07, 6.45) is 6.64. The summed E-state index contributed by atoms with van der Waals surface area (Å²) in [7, 11) is 0. The molecule has 2 aromatic rings. The Labute approximate surface area is 199 Å². The second-order valence-corrected chi connectivity index (χ2v) is 11.1. The topological polar surface area (TPSA) is 49.8 Å². The molecule has 4 heteroatoms. The van der Waals surface area contributed by atoms with Gasteiger partial charge in [-0.15, -0.1) is 0 Å². The zero-order valence-corrected chi connectivity index (χ0v) is 20.4. The number of carboxylic acids is 1. The highest BCUT2D eigenvalue weighted by molar-refractivity contribution is 5.70. The number of hydrogen-bond acceptors (Lipinski definition) is 3. The molecule has 1 aliphatic carbocycles. The van der Waals surface area contributed by atoms with Crippen LogP contribution in [-0.4, -0.2) is 35.2 Å². The first-order valence-corrected chi connectivity index (χ1v) is 12.6. The van der Waals surface area contributed by atoms with Gasteiger partial charge in [0.2, 0.25) is 0 Å². The molecule has 4 nitrogen and oxygen atoms in total. The molecule has 2 aromatic carbocycles. The molecule has 1 N–H and O–H groups in total. The van der Waals surface area contributed by atoms with Gasteiger partial charge in [0.15, 0.2) is 0 Å². The zero-order chi connectivity index (χ0) is 23.4. The van der Waals surface area contributed by atoms with Crippen molar-refractivity contribution in [2.45, 2.75) is 71.9 Å². The summed E-state index contributed by atoms with van der Waals surface area (Å²) in [5, 5.41) is 9.20. The molecule has 1 saturated heterocycles. The molecule has 2 fully saturated rings. The van der Waals surface area contributed by atoms with Gasteiger partial charge in [0.1, 0.15) is 5.75 Å². The molecular weight excluding hydrogens is 410 g/mol. The molecule has 4 rings (SSSR count). The van der Waals surface area contributed by atoms with Crippen LogP contribution in [-0.2, 0) is 11.3 Å². The third kappa shape index (κ3) is 6.38. The minimum Gasteiger partial charge on any atom is -0.490 e. The summed E-state index contributed by atoms with van der Waals surface area (Å²) in [4.78, 5) is 13.5. The van der Waals surface area contributed by atoms with Crippen molar-refractivity contribution in [1.29, 1.82) is 0 Å². The molecule has 0 aromatic heterocycles. The van der Waals surface area contributed by atoms with E-state index in [4.69, 9.17) is 4.74 Å². The maximum atomic E-state index is 11.2. The predicted octanol–water partition coefficient (Wildman–Crippen LogP) is 6.63. The number of piperidine rings is 1. The van der Waals surface area contributed by atoms with Crippen molar-refractivity contribution >= 4 is 5.97 Å². The van der Waals surface area contributed by atoms with Crippen LogP contribution in [0.5, 0.6) is 5.75 Å². The molecule has 178 valence electrons. The molecule has 1 saturated carbocycles. The maximum absolute atomic E-state index is 11.2. The van der Waals surface area contributed by atoms with Crippen molar-refractivity contribution in [3.63, 3.8) is 0 Å². The van der Waals surface area contributed by atoms with E-state index in [-0.39, 0.29) is 5.92 Å². The van der Waals surface area contributed by atoms with Crippen LogP contribution in [0.25, 0.3) is 11.1 Å². The summed E-state index contributed by atoms with van der Waals surface area (Å²) in [5.74, 6) is 0.939. The summed E-state index contributed by atoms with van der Waals surface area (Å²) in [6, 6.07) is 17.2. The average molecular weight is 450 g/mol. The average Bonchev–Trinajstić information content (AvgIpc) is 2.80. The van der Waals surface area contributed by atoms with E-state index in [1.807, 2.05) is 0 Å². The number of carboxylic acid groups (broad SMARTS) is 1. The Morgan fingerprint density at radius 3 is 2.21 bits per heavy atom. The maximum Gasteiger partial charge on any atom is 0.306 e. The lowest BCUT2D eigenvalue weighted by Gasteiger charge is -2.36. The first kappa shape index (κ1) is 23.8. The van der Waals surface area contributed by atoms with Crippen LogP contribution in [0.4, 0.5) is 0 Å². The van der Waals surface area contributed by atoms with E-state index >= 15 is 0 Å². The van der Waals surface area contributed by atoms with Crippen LogP contribution in [0.1, 0.15) is 64.9 Å². The van der Waals surface area contributed by atoms with Crippen molar-refractivity contribution in [1.82, 2.24) is 4.90 Å². The van der Waals surface area contributed by atoms with Crippen molar-refractivity contribution in [2.24, 2.45) is 17.3 Å². The first-order valence-electron chi connectivity index (χ1n) is 12.6. The molecular formula is C29H39NO3. The molecule has 0 radical (unpaired) electrons. The minimum absolute atomic E-state index is 0.179. The Bertz CT molecular complexity index is 915. The smallest absolute Gasteiger partial charge is 0.306 e. The summed E-state index contributed by atoms with van der Waals surface area (Å²) in [5.41, 5.74) is 4.09. The van der Waals surface area contributed by atoms with E-state index in [2.05, 4.69) is 74.2 Å². The van der Waals surface area contributed by atoms with Gasteiger partial charge in [0.25, 0.3) is 0 Å². The van der Waals surface area contributed by atoms with Gasteiger partial charge in [0, 0.05) is 6.54 Å². The normalized spacial score (nSPS) is 22.8. The first-order chi connectivity index (χ1) is 15.8. The van der Waals surface area contributed by atoms with Crippen LogP contribution < -0.4 is 4.74 Å². The molecule has 1 aliphatic heterocycles. The van der Waals surface area contributed by atoms with Crippen LogP contribution in [0.15, 0.2) is 48.5 Å². The number of rotatable bonds is 6. The van der Waals surface area contributed by atoms with E-state index in [1.165, 1.54) is 29.5 Å². The number of benzene rings is 2. The van der Waals surface area contributed by atoms with Crippen LogP contribution in [0.3, 0.4) is 0 Å². The largest absolute Gasteiger partial charge is 0.490 e. The lowest BCUT2D eigenvalue weighted by Crippen LogP contribution is -2.35. The Morgan fingerprint density at radius 1 is 0.939 bits per heavy atom. The summed E-state index contributed by atoms with van der Waals surface area (Å²) >= 11 is 0. The molecule has 0 unspecified atom stereocenters. The highest BCUT2D eigenvalue weighted by Crippen LogP contribution is 2.39. The molecule has 0 bridgehead atoms. The molecule has 33 heavy (non-hydrogen) atoms. The number of likely N-dealkylation sites (tertiary alicyclic amines) is 1. The second kappa shape index (κ2) is 10.3. The van der Waals surface area contributed by atoms with Crippen molar-refractivity contribution in [3.8, 4) is 16.9 Å². The highest BCUT2D eigenvalue weighted by Gasteiger charge is 2.30. The molecule has 0 atom stereocenters. The monoisotopic (exact) mass is 449 g/mol. The van der Waals surface area contributed by atoms with Crippen molar-refractivity contribution in [2.75, 3.05) is 13.1 Å². The van der Waals surface area contributed by atoms with Crippen LogP contribution in [0, 0.1) is 17.3 Å². The second-order valence-electron chi connectivity index (χ2n) is 11.1. The van der Waals surface area contributed by atoms with Gasteiger partial charge >= 0.3 is 5.97 Å². The van der Waals surface area contributed by atoms with Gasteiger partial charge in [-0.05, 0) is 97.8 Å². The van der Waals surface area contributed by atoms with Gasteiger partial charge in [0.05, 0.1) is 12.0 Å².